The Morgan fingerprint density at radius 3 is 2.46 bits per heavy atom. The number of hydrogen-bond donors (Lipinski definition) is 0. The van der Waals surface area contributed by atoms with Crippen LogP contribution in [-0.2, 0) is 11.8 Å². The second-order valence-corrected chi connectivity index (χ2v) is 13.3. The Bertz CT molecular complexity index is 1750. The fourth-order valence-electron chi connectivity index (χ4n) is 5.32. The summed E-state index contributed by atoms with van der Waals surface area (Å²) in [6.07, 6.45) is 2.87. The zero-order valence-corrected chi connectivity index (χ0v) is 22.8. The van der Waals surface area contributed by atoms with Gasteiger partial charge < -0.3 is 0 Å². The number of aryl methyl sites for hydroxylation is 1. The number of fused-ring (bicyclic) bond motifs is 6. The Kier molecular flexibility index (Phi) is 5.24. The lowest BCUT2D eigenvalue weighted by Crippen LogP contribution is -2.12. The molecule has 6 rings (SSSR count). The zero-order valence-electron chi connectivity index (χ0n) is 21.2. The van der Waals surface area contributed by atoms with Gasteiger partial charge >= 0.3 is 0 Å². The molecule has 0 fully saturated rings. The van der Waals surface area contributed by atoms with Gasteiger partial charge in [-0.1, -0.05) is 65.0 Å². The molecule has 0 atom stereocenters. The molecule has 0 unspecified atom stereocenters. The van der Waals surface area contributed by atoms with Crippen molar-refractivity contribution in [3.63, 3.8) is 0 Å². The fourth-order valence-corrected chi connectivity index (χ4v) is 7.79. The first-order valence-corrected chi connectivity index (χ1v) is 14.0. The highest BCUT2D eigenvalue weighted by Crippen LogP contribution is 2.45. The Morgan fingerprint density at radius 1 is 0.886 bits per heavy atom. The summed E-state index contributed by atoms with van der Waals surface area (Å²) in [6.45, 7) is 13.7. The van der Waals surface area contributed by atoms with Crippen molar-refractivity contribution in [3.8, 4) is 11.3 Å². The van der Waals surface area contributed by atoms with Gasteiger partial charge in [0.25, 0.3) is 0 Å². The molecule has 0 radical (unpaired) electrons. The minimum Gasteiger partial charge on any atom is -0.235 e. The molecule has 35 heavy (non-hydrogen) atoms. The van der Waals surface area contributed by atoms with E-state index in [-0.39, 0.29) is 5.41 Å². The molecule has 0 N–H and O–H groups in total. The smallest absolute Gasteiger partial charge is 0.116 e. The lowest BCUT2D eigenvalue weighted by molar-refractivity contribution is 0.596. The van der Waals surface area contributed by atoms with Gasteiger partial charge in [-0.2, -0.15) is 0 Å². The molecular weight excluding hydrogens is 464 g/mol. The van der Waals surface area contributed by atoms with Crippen LogP contribution in [-0.4, -0.2) is 9.97 Å². The highest BCUT2D eigenvalue weighted by Gasteiger charge is 2.22. The first-order valence-electron chi connectivity index (χ1n) is 12.3. The molecule has 0 aliphatic carbocycles. The third-order valence-electron chi connectivity index (χ3n) is 6.93. The van der Waals surface area contributed by atoms with E-state index in [0.717, 1.165) is 17.6 Å². The Labute approximate surface area is 214 Å². The van der Waals surface area contributed by atoms with Crippen molar-refractivity contribution < 1.29 is 0 Å². The second kappa shape index (κ2) is 8.11. The largest absolute Gasteiger partial charge is 0.235 e. The van der Waals surface area contributed by atoms with Gasteiger partial charge in [-0.05, 0) is 70.2 Å². The van der Waals surface area contributed by atoms with Gasteiger partial charge in [0.1, 0.15) is 6.33 Å². The summed E-state index contributed by atoms with van der Waals surface area (Å²) in [5, 5.41) is 5.27. The molecule has 0 saturated heterocycles. The Morgan fingerprint density at radius 2 is 1.69 bits per heavy atom. The molecule has 0 amide bonds. The molecular formula is C31H30N2S2. The van der Waals surface area contributed by atoms with Gasteiger partial charge in [0, 0.05) is 25.2 Å². The van der Waals surface area contributed by atoms with Crippen molar-refractivity contribution in [3.05, 3.63) is 70.9 Å². The van der Waals surface area contributed by atoms with Crippen LogP contribution in [0.25, 0.3) is 52.4 Å². The third-order valence-corrected chi connectivity index (χ3v) is 9.26. The van der Waals surface area contributed by atoms with Crippen molar-refractivity contribution in [1.82, 2.24) is 9.97 Å². The molecule has 6 aromatic rings. The van der Waals surface area contributed by atoms with E-state index in [4.69, 9.17) is 9.97 Å². The summed E-state index contributed by atoms with van der Waals surface area (Å²) in [6, 6.07) is 18.0. The summed E-state index contributed by atoms with van der Waals surface area (Å²) in [4.78, 5) is 11.1. The standard InChI is InChI=1S/C31H30N2S2/c1-17(2)13-23-18(3)34-29-22(23)11-12-25-26(29)28-30(35-25)27(32-16-33-28)20-14-19-9-7-8-10-21(19)24(15-20)31(4,5)6/h7-12,14-17H,13H2,1-6H3. The molecule has 3 heterocycles. The SMILES string of the molecule is Cc1sc2c(ccc3sc4c(-c5cc(C(C)(C)C)c6ccccc6c5)ncnc4c32)c1CC(C)C. The topological polar surface area (TPSA) is 25.8 Å². The van der Waals surface area contributed by atoms with Crippen LogP contribution in [0.2, 0.25) is 0 Å². The summed E-state index contributed by atoms with van der Waals surface area (Å²) in [5.41, 5.74) is 6.19. The van der Waals surface area contributed by atoms with Crippen LogP contribution in [0, 0.1) is 12.8 Å². The maximum atomic E-state index is 4.85. The van der Waals surface area contributed by atoms with Gasteiger partial charge in [-0.15, -0.1) is 22.7 Å². The van der Waals surface area contributed by atoms with Crippen molar-refractivity contribution in [2.45, 2.75) is 53.4 Å². The molecule has 176 valence electrons. The van der Waals surface area contributed by atoms with Crippen LogP contribution in [0.3, 0.4) is 0 Å². The van der Waals surface area contributed by atoms with Gasteiger partial charge in [-0.25, -0.2) is 9.97 Å². The molecule has 3 aromatic carbocycles. The highest BCUT2D eigenvalue weighted by molar-refractivity contribution is 7.28. The first kappa shape index (κ1) is 22.6. The zero-order chi connectivity index (χ0) is 24.5. The normalized spacial score (nSPS) is 12.7. The Hall–Kier alpha value is -2.82. The van der Waals surface area contributed by atoms with E-state index in [1.165, 1.54) is 57.2 Å². The van der Waals surface area contributed by atoms with E-state index in [2.05, 4.69) is 90.1 Å². The van der Waals surface area contributed by atoms with Gasteiger partial charge in [-0.3, -0.25) is 0 Å². The van der Waals surface area contributed by atoms with Crippen LogP contribution in [0.1, 0.15) is 50.6 Å². The lowest BCUT2D eigenvalue weighted by atomic mass is 9.82. The van der Waals surface area contributed by atoms with E-state index < -0.39 is 0 Å². The maximum absolute atomic E-state index is 4.85. The van der Waals surface area contributed by atoms with Crippen LogP contribution in [0.4, 0.5) is 0 Å². The molecule has 4 heteroatoms. The third kappa shape index (κ3) is 3.66. The van der Waals surface area contributed by atoms with Crippen LogP contribution in [0.5, 0.6) is 0 Å². The molecule has 0 aliphatic heterocycles. The molecule has 2 nitrogen and oxygen atoms in total. The first-order chi connectivity index (χ1) is 16.7. The average molecular weight is 495 g/mol. The monoisotopic (exact) mass is 494 g/mol. The highest BCUT2D eigenvalue weighted by atomic mass is 32.1. The van der Waals surface area contributed by atoms with Crippen molar-refractivity contribution >= 4 is 63.8 Å². The van der Waals surface area contributed by atoms with E-state index >= 15 is 0 Å². The molecule has 0 bridgehead atoms. The van der Waals surface area contributed by atoms with Crippen LogP contribution < -0.4 is 0 Å². The minimum atomic E-state index is 0.0371. The van der Waals surface area contributed by atoms with E-state index in [1.54, 1.807) is 6.33 Å². The average Bonchev–Trinajstić information content (AvgIpc) is 3.34. The number of aromatic nitrogens is 2. The second-order valence-electron chi connectivity index (χ2n) is 11.0. The van der Waals surface area contributed by atoms with Crippen molar-refractivity contribution in [2.75, 3.05) is 0 Å². The predicted molar refractivity (Wildman–Crippen MR) is 155 cm³/mol. The lowest BCUT2D eigenvalue weighted by Gasteiger charge is -2.22. The van der Waals surface area contributed by atoms with Crippen LogP contribution in [0.15, 0.2) is 54.9 Å². The summed E-state index contributed by atoms with van der Waals surface area (Å²) in [5.74, 6) is 0.639. The number of thiophene rings is 2. The van der Waals surface area contributed by atoms with Gasteiger partial charge in [0.15, 0.2) is 0 Å². The summed E-state index contributed by atoms with van der Waals surface area (Å²) < 4.78 is 3.85. The summed E-state index contributed by atoms with van der Waals surface area (Å²) >= 11 is 3.75. The Balaban J connectivity index is 1.65. The van der Waals surface area contributed by atoms with E-state index in [0.29, 0.717) is 5.92 Å². The maximum Gasteiger partial charge on any atom is 0.116 e. The van der Waals surface area contributed by atoms with Gasteiger partial charge in [0.05, 0.1) is 15.9 Å². The van der Waals surface area contributed by atoms with Gasteiger partial charge in [0.2, 0.25) is 0 Å². The molecule has 3 aromatic heterocycles. The molecule has 0 spiro atoms. The molecule has 0 aliphatic rings. The minimum absolute atomic E-state index is 0.0371. The van der Waals surface area contributed by atoms with Crippen molar-refractivity contribution in [1.29, 1.82) is 0 Å². The summed E-state index contributed by atoms with van der Waals surface area (Å²) in [7, 11) is 0. The predicted octanol–water partition coefficient (Wildman–Crippen LogP) is 9.68. The van der Waals surface area contributed by atoms with E-state index in [9.17, 15) is 0 Å². The van der Waals surface area contributed by atoms with E-state index in [1.807, 2.05) is 22.7 Å². The number of hydrogen-bond acceptors (Lipinski definition) is 4. The number of nitrogens with zero attached hydrogens (tertiary/aromatic N) is 2. The fraction of sp³-hybridized carbons (Fsp3) is 0.290. The van der Waals surface area contributed by atoms with Crippen LogP contribution >= 0.6 is 22.7 Å². The number of rotatable bonds is 3. The van der Waals surface area contributed by atoms with Crippen molar-refractivity contribution in [2.24, 2.45) is 5.92 Å². The number of benzene rings is 3. The molecule has 0 saturated carbocycles. The quantitative estimate of drug-likeness (QED) is 0.245.